The molecule has 1 aliphatic heterocycles. The van der Waals surface area contributed by atoms with Crippen LogP contribution in [0.1, 0.15) is 30.3 Å². The molecule has 0 aliphatic carbocycles. The Morgan fingerprint density at radius 3 is 2.45 bits per heavy atom. The Kier molecular flexibility index (Phi) is 5.99. The summed E-state index contributed by atoms with van der Waals surface area (Å²) in [5, 5.41) is 0.478. The van der Waals surface area contributed by atoms with E-state index in [-0.39, 0.29) is 11.6 Å². The highest BCUT2D eigenvalue weighted by Gasteiger charge is 2.33. The number of aromatic amines is 1. The lowest BCUT2D eigenvalue weighted by atomic mass is 10.0. The zero-order chi connectivity index (χ0) is 22.0. The average molecular weight is 426 g/mol. The number of nitrogens with zero attached hydrogens (tertiary/aromatic N) is 1. The first kappa shape index (κ1) is 21.0. The minimum absolute atomic E-state index is 0.182. The molecule has 1 fully saturated rings. The molecule has 1 saturated heterocycles. The van der Waals surface area contributed by atoms with Gasteiger partial charge in [-0.25, -0.2) is 4.98 Å². The Morgan fingerprint density at radius 1 is 1.00 bits per heavy atom. The number of rotatable bonds is 7. The topological polar surface area (TPSA) is 87.1 Å². The van der Waals surface area contributed by atoms with Gasteiger partial charge in [-0.15, -0.1) is 0 Å². The standard InChI is InChI=1S/C23H27N3O5/c1-28-14-7-8-15(19(10-14)29-2)18-6-5-9-26(18)13-22-24-17-12-21(31-4)20(30-3)11-16(17)23(27)25-22/h7-8,10-12,18H,5-6,9,13H2,1-4H3,(H,24,25,27)/p+1/t18-/m1/s1. The summed E-state index contributed by atoms with van der Waals surface area (Å²) in [5.74, 6) is 3.30. The highest BCUT2D eigenvalue weighted by molar-refractivity contribution is 5.81. The van der Waals surface area contributed by atoms with E-state index in [1.54, 1.807) is 40.6 Å². The number of ether oxygens (including phenoxy) is 4. The molecule has 0 bridgehead atoms. The van der Waals surface area contributed by atoms with Gasteiger partial charge >= 0.3 is 0 Å². The molecule has 3 aromatic rings. The van der Waals surface area contributed by atoms with E-state index in [0.29, 0.717) is 34.8 Å². The fourth-order valence-electron chi connectivity index (χ4n) is 4.42. The maximum absolute atomic E-state index is 12.7. The minimum atomic E-state index is -0.182. The van der Waals surface area contributed by atoms with Gasteiger partial charge in [-0.3, -0.25) is 4.79 Å². The van der Waals surface area contributed by atoms with Crippen LogP contribution in [0, 0.1) is 0 Å². The SMILES string of the molecule is COc1ccc([C@H]2CCC[NH+]2Cc2nc3cc(OC)c(OC)cc3c(=O)[nH]2)c(OC)c1. The monoisotopic (exact) mass is 426 g/mol. The summed E-state index contributed by atoms with van der Waals surface area (Å²) < 4.78 is 21.6. The summed E-state index contributed by atoms with van der Waals surface area (Å²) in [6.45, 7) is 1.60. The Bertz CT molecular complexity index is 1140. The predicted molar refractivity (Wildman–Crippen MR) is 117 cm³/mol. The number of quaternary nitrogens is 1. The third-order valence-corrected chi connectivity index (χ3v) is 5.95. The molecule has 0 saturated carbocycles. The van der Waals surface area contributed by atoms with E-state index < -0.39 is 0 Å². The normalized spacial score (nSPS) is 18.2. The van der Waals surface area contributed by atoms with E-state index >= 15 is 0 Å². The molecule has 1 unspecified atom stereocenters. The largest absolute Gasteiger partial charge is 0.497 e. The van der Waals surface area contributed by atoms with Crippen molar-refractivity contribution in [3.63, 3.8) is 0 Å². The molecule has 2 heterocycles. The van der Waals surface area contributed by atoms with E-state index in [0.717, 1.165) is 36.4 Å². The number of likely N-dealkylation sites (tertiary alicyclic amines) is 1. The van der Waals surface area contributed by atoms with Gasteiger partial charge in [0.25, 0.3) is 5.56 Å². The van der Waals surface area contributed by atoms with Gasteiger partial charge in [-0.05, 0) is 18.2 Å². The van der Waals surface area contributed by atoms with E-state index in [1.807, 2.05) is 12.1 Å². The van der Waals surface area contributed by atoms with Gasteiger partial charge in [0.05, 0.1) is 51.5 Å². The van der Waals surface area contributed by atoms with Crippen LogP contribution in [0.15, 0.2) is 35.1 Å². The van der Waals surface area contributed by atoms with Crippen LogP contribution in [-0.4, -0.2) is 45.0 Å². The molecule has 2 atom stereocenters. The summed E-state index contributed by atoms with van der Waals surface area (Å²) in [6.07, 6.45) is 2.14. The second-order valence-corrected chi connectivity index (χ2v) is 7.62. The molecule has 8 heteroatoms. The smallest absolute Gasteiger partial charge is 0.259 e. The lowest BCUT2D eigenvalue weighted by molar-refractivity contribution is -0.932. The van der Waals surface area contributed by atoms with Crippen LogP contribution in [0.5, 0.6) is 23.0 Å². The fraction of sp³-hybridized carbons (Fsp3) is 0.391. The Morgan fingerprint density at radius 2 is 1.74 bits per heavy atom. The van der Waals surface area contributed by atoms with Crippen LogP contribution in [0.3, 0.4) is 0 Å². The lowest BCUT2D eigenvalue weighted by Gasteiger charge is -2.23. The molecule has 2 aromatic carbocycles. The molecule has 4 rings (SSSR count). The van der Waals surface area contributed by atoms with Crippen molar-refractivity contribution in [2.45, 2.75) is 25.4 Å². The molecule has 1 aliphatic rings. The quantitative estimate of drug-likeness (QED) is 0.600. The fourth-order valence-corrected chi connectivity index (χ4v) is 4.42. The number of hydrogen-bond acceptors (Lipinski definition) is 6. The maximum atomic E-state index is 12.7. The van der Waals surface area contributed by atoms with E-state index in [1.165, 1.54) is 4.90 Å². The number of nitrogens with one attached hydrogen (secondary N) is 2. The van der Waals surface area contributed by atoms with Crippen LogP contribution in [0.2, 0.25) is 0 Å². The van der Waals surface area contributed by atoms with Gasteiger partial charge in [0.2, 0.25) is 0 Å². The third kappa shape index (κ3) is 4.03. The third-order valence-electron chi connectivity index (χ3n) is 5.95. The van der Waals surface area contributed by atoms with E-state index in [9.17, 15) is 4.79 Å². The van der Waals surface area contributed by atoms with Crippen molar-refractivity contribution in [1.29, 1.82) is 0 Å². The second-order valence-electron chi connectivity index (χ2n) is 7.62. The van der Waals surface area contributed by atoms with Gasteiger partial charge in [0.1, 0.15) is 24.1 Å². The van der Waals surface area contributed by atoms with Gasteiger partial charge in [-0.1, -0.05) is 0 Å². The number of benzene rings is 2. The predicted octanol–water partition coefficient (Wildman–Crippen LogP) is 1.88. The van der Waals surface area contributed by atoms with Crippen molar-refractivity contribution >= 4 is 10.9 Å². The minimum Gasteiger partial charge on any atom is -0.497 e. The van der Waals surface area contributed by atoms with Gasteiger partial charge in [-0.2, -0.15) is 0 Å². The molecule has 0 amide bonds. The van der Waals surface area contributed by atoms with E-state index in [2.05, 4.69) is 11.1 Å². The van der Waals surface area contributed by atoms with Crippen molar-refractivity contribution in [3.8, 4) is 23.0 Å². The van der Waals surface area contributed by atoms with Crippen LogP contribution >= 0.6 is 0 Å². The Labute approximate surface area is 180 Å². The molecular formula is C23H28N3O5+. The summed E-state index contributed by atoms with van der Waals surface area (Å²) in [6, 6.07) is 9.62. The van der Waals surface area contributed by atoms with Crippen molar-refractivity contribution in [1.82, 2.24) is 9.97 Å². The second kappa shape index (κ2) is 8.85. The van der Waals surface area contributed by atoms with Crippen molar-refractivity contribution in [2.75, 3.05) is 35.0 Å². The first-order chi connectivity index (χ1) is 15.1. The number of hydrogen-bond donors (Lipinski definition) is 2. The number of aromatic nitrogens is 2. The highest BCUT2D eigenvalue weighted by atomic mass is 16.5. The molecular weight excluding hydrogens is 398 g/mol. The molecule has 0 spiro atoms. The zero-order valence-corrected chi connectivity index (χ0v) is 18.3. The molecule has 164 valence electrons. The lowest BCUT2D eigenvalue weighted by Crippen LogP contribution is -3.09. The van der Waals surface area contributed by atoms with Crippen LogP contribution in [0.25, 0.3) is 10.9 Å². The first-order valence-corrected chi connectivity index (χ1v) is 10.3. The summed E-state index contributed by atoms with van der Waals surface area (Å²) in [4.78, 5) is 21.7. The molecule has 8 nitrogen and oxygen atoms in total. The molecule has 31 heavy (non-hydrogen) atoms. The number of methoxy groups -OCH3 is 4. The Hall–Kier alpha value is -3.26. The van der Waals surface area contributed by atoms with Crippen molar-refractivity contribution in [2.24, 2.45) is 0 Å². The molecule has 1 aromatic heterocycles. The van der Waals surface area contributed by atoms with Crippen LogP contribution < -0.4 is 29.4 Å². The van der Waals surface area contributed by atoms with Gasteiger partial charge < -0.3 is 28.8 Å². The Balaban J connectivity index is 1.66. The molecule has 0 radical (unpaired) electrons. The van der Waals surface area contributed by atoms with Crippen LogP contribution in [-0.2, 0) is 6.54 Å². The average Bonchev–Trinajstić information content (AvgIpc) is 3.25. The first-order valence-electron chi connectivity index (χ1n) is 10.3. The van der Waals surface area contributed by atoms with Crippen molar-refractivity contribution in [3.05, 3.63) is 52.1 Å². The molecule has 2 N–H and O–H groups in total. The summed E-state index contributed by atoms with van der Waals surface area (Å²) in [7, 11) is 6.44. The summed E-state index contributed by atoms with van der Waals surface area (Å²) >= 11 is 0. The summed E-state index contributed by atoms with van der Waals surface area (Å²) in [5.41, 5.74) is 1.55. The highest BCUT2D eigenvalue weighted by Crippen LogP contribution is 2.32. The van der Waals surface area contributed by atoms with Gasteiger partial charge in [0.15, 0.2) is 17.3 Å². The van der Waals surface area contributed by atoms with Gasteiger partial charge in [0, 0.05) is 25.0 Å². The van der Waals surface area contributed by atoms with Crippen LogP contribution in [0.4, 0.5) is 0 Å². The van der Waals surface area contributed by atoms with E-state index in [4.69, 9.17) is 23.9 Å². The van der Waals surface area contributed by atoms with Crippen molar-refractivity contribution < 1.29 is 23.8 Å². The number of fused-ring (bicyclic) bond motifs is 1. The number of H-pyrrole nitrogens is 1. The maximum Gasteiger partial charge on any atom is 0.259 e. The zero-order valence-electron chi connectivity index (χ0n) is 18.3.